The van der Waals surface area contributed by atoms with Gasteiger partial charge in [-0.05, 0) is 30.4 Å². The number of piperidine rings is 1. The highest BCUT2D eigenvalue weighted by molar-refractivity contribution is 5.20. The standard InChI is InChI=1S/C22H29FN2O2/c1-17(2)15-26-20-9-11-25(12-10-20)14-18-7-8-22(24-13-18)27-16-19-5-3-4-6-21(19)23/h3-8,13,17,20H,9-12,14-16H2,1-2H3. The first-order valence-electron chi connectivity index (χ1n) is 9.75. The number of halogens is 1. The average Bonchev–Trinajstić information content (AvgIpc) is 2.68. The third kappa shape index (κ3) is 6.29. The van der Waals surface area contributed by atoms with Gasteiger partial charge in [0.15, 0.2) is 0 Å². The van der Waals surface area contributed by atoms with Crippen molar-refractivity contribution in [3.8, 4) is 5.88 Å². The van der Waals surface area contributed by atoms with Crippen LogP contribution in [0.3, 0.4) is 0 Å². The highest BCUT2D eigenvalue weighted by atomic mass is 19.1. The molecule has 5 heteroatoms. The molecule has 1 aliphatic heterocycles. The SMILES string of the molecule is CC(C)COC1CCN(Cc2ccc(OCc3ccccc3F)nc2)CC1. The Morgan fingerprint density at radius 2 is 1.93 bits per heavy atom. The van der Waals surface area contributed by atoms with E-state index in [-0.39, 0.29) is 12.4 Å². The van der Waals surface area contributed by atoms with Crippen molar-refractivity contribution in [3.05, 3.63) is 59.5 Å². The summed E-state index contributed by atoms with van der Waals surface area (Å²) in [5, 5.41) is 0. The Kier molecular flexibility index (Phi) is 7.18. The number of aromatic nitrogens is 1. The van der Waals surface area contributed by atoms with Gasteiger partial charge in [0, 0.05) is 44.1 Å². The minimum Gasteiger partial charge on any atom is -0.473 e. The van der Waals surface area contributed by atoms with Gasteiger partial charge in [0.25, 0.3) is 0 Å². The lowest BCUT2D eigenvalue weighted by Gasteiger charge is -2.32. The van der Waals surface area contributed by atoms with Crippen LogP contribution in [0.25, 0.3) is 0 Å². The normalized spacial score (nSPS) is 16.0. The molecule has 0 saturated carbocycles. The van der Waals surface area contributed by atoms with Crippen LogP contribution in [0.4, 0.5) is 4.39 Å². The molecule has 1 aromatic heterocycles. The summed E-state index contributed by atoms with van der Waals surface area (Å²) in [6.07, 6.45) is 4.42. The van der Waals surface area contributed by atoms with Crippen molar-refractivity contribution in [2.75, 3.05) is 19.7 Å². The van der Waals surface area contributed by atoms with Gasteiger partial charge in [-0.15, -0.1) is 0 Å². The Balaban J connectivity index is 1.42. The fraction of sp³-hybridized carbons (Fsp3) is 0.500. The summed E-state index contributed by atoms with van der Waals surface area (Å²) in [5.74, 6) is 0.853. The third-order valence-electron chi connectivity index (χ3n) is 4.74. The zero-order valence-corrected chi connectivity index (χ0v) is 16.2. The van der Waals surface area contributed by atoms with Crippen molar-refractivity contribution in [1.82, 2.24) is 9.88 Å². The average molecular weight is 372 g/mol. The van der Waals surface area contributed by atoms with Gasteiger partial charge >= 0.3 is 0 Å². The molecule has 0 N–H and O–H groups in total. The van der Waals surface area contributed by atoms with E-state index in [0.717, 1.165) is 44.6 Å². The summed E-state index contributed by atoms with van der Waals surface area (Å²) in [5.41, 5.74) is 1.70. The van der Waals surface area contributed by atoms with Gasteiger partial charge < -0.3 is 9.47 Å². The zero-order valence-electron chi connectivity index (χ0n) is 16.2. The summed E-state index contributed by atoms with van der Waals surface area (Å²) >= 11 is 0. The molecule has 2 heterocycles. The van der Waals surface area contributed by atoms with Crippen LogP contribution in [0.5, 0.6) is 5.88 Å². The fourth-order valence-electron chi connectivity index (χ4n) is 3.18. The minimum absolute atomic E-state index is 0.183. The van der Waals surface area contributed by atoms with Gasteiger partial charge in [-0.3, -0.25) is 4.90 Å². The quantitative estimate of drug-likeness (QED) is 0.686. The molecule has 4 nitrogen and oxygen atoms in total. The second kappa shape index (κ2) is 9.81. The summed E-state index contributed by atoms with van der Waals surface area (Å²) in [4.78, 5) is 6.79. The number of pyridine rings is 1. The molecule has 2 aromatic rings. The molecule has 0 unspecified atom stereocenters. The van der Waals surface area contributed by atoms with Gasteiger partial charge in [0.05, 0.1) is 6.10 Å². The van der Waals surface area contributed by atoms with Gasteiger partial charge in [0.1, 0.15) is 12.4 Å². The molecule has 1 aromatic carbocycles. The van der Waals surface area contributed by atoms with Crippen molar-refractivity contribution in [1.29, 1.82) is 0 Å². The monoisotopic (exact) mass is 372 g/mol. The molecule has 0 atom stereocenters. The Morgan fingerprint density at radius 3 is 2.59 bits per heavy atom. The lowest BCUT2D eigenvalue weighted by Crippen LogP contribution is -2.37. The van der Waals surface area contributed by atoms with Crippen LogP contribution in [0.1, 0.15) is 37.8 Å². The molecule has 1 saturated heterocycles. The molecule has 1 aliphatic rings. The number of likely N-dealkylation sites (tertiary alicyclic amines) is 1. The Bertz CT molecular complexity index is 698. The maximum atomic E-state index is 13.6. The summed E-state index contributed by atoms with van der Waals surface area (Å²) in [6.45, 7) is 8.39. The van der Waals surface area contributed by atoms with Crippen LogP contribution in [0.2, 0.25) is 0 Å². The first-order chi connectivity index (χ1) is 13.1. The van der Waals surface area contributed by atoms with Crippen molar-refractivity contribution >= 4 is 0 Å². The smallest absolute Gasteiger partial charge is 0.213 e. The maximum absolute atomic E-state index is 13.6. The second-order valence-electron chi connectivity index (χ2n) is 7.59. The topological polar surface area (TPSA) is 34.6 Å². The van der Waals surface area contributed by atoms with E-state index in [9.17, 15) is 4.39 Å². The van der Waals surface area contributed by atoms with Gasteiger partial charge in [-0.2, -0.15) is 0 Å². The van der Waals surface area contributed by atoms with Gasteiger partial charge in [0.2, 0.25) is 5.88 Å². The lowest BCUT2D eigenvalue weighted by molar-refractivity contribution is -0.00586. The number of benzene rings is 1. The fourth-order valence-corrected chi connectivity index (χ4v) is 3.18. The first-order valence-corrected chi connectivity index (χ1v) is 9.75. The molecular weight excluding hydrogens is 343 g/mol. The molecular formula is C22H29FN2O2. The van der Waals surface area contributed by atoms with E-state index in [1.54, 1.807) is 18.2 Å². The van der Waals surface area contributed by atoms with E-state index in [2.05, 4.69) is 23.7 Å². The molecule has 0 bridgehead atoms. The minimum atomic E-state index is -0.255. The molecule has 0 amide bonds. The van der Waals surface area contributed by atoms with Gasteiger partial charge in [-0.1, -0.05) is 38.1 Å². The van der Waals surface area contributed by atoms with Gasteiger partial charge in [-0.25, -0.2) is 9.37 Å². The molecule has 1 fully saturated rings. The van der Waals surface area contributed by atoms with Crippen molar-refractivity contribution in [2.45, 2.75) is 45.9 Å². The maximum Gasteiger partial charge on any atom is 0.213 e. The van der Waals surface area contributed by atoms with Crippen LogP contribution >= 0.6 is 0 Å². The number of ether oxygens (including phenoxy) is 2. The van der Waals surface area contributed by atoms with E-state index in [4.69, 9.17) is 9.47 Å². The predicted octanol–water partition coefficient (Wildman–Crippen LogP) is 4.44. The summed E-state index contributed by atoms with van der Waals surface area (Å²) in [6, 6.07) is 10.5. The largest absolute Gasteiger partial charge is 0.473 e. The van der Waals surface area contributed by atoms with Crippen LogP contribution in [-0.4, -0.2) is 35.7 Å². The number of rotatable bonds is 8. The van der Waals surface area contributed by atoms with Crippen LogP contribution in [-0.2, 0) is 17.9 Å². The number of hydrogen-bond acceptors (Lipinski definition) is 4. The Labute approximate surface area is 161 Å². The molecule has 3 rings (SSSR count). The first kappa shape index (κ1) is 19.8. The lowest BCUT2D eigenvalue weighted by atomic mass is 10.1. The molecule has 0 radical (unpaired) electrons. The third-order valence-corrected chi connectivity index (χ3v) is 4.74. The molecule has 0 spiro atoms. The highest BCUT2D eigenvalue weighted by Crippen LogP contribution is 2.18. The predicted molar refractivity (Wildman–Crippen MR) is 104 cm³/mol. The number of hydrogen-bond donors (Lipinski definition) is 0. The summed E-state index contributed by atoms with van der Waals surface area (Å²) in [7, 11) is 0. The van der Waals surface area contributed by atoms with Crippen molar-refractivity contribution in [3.63, 3.8) is 0 Å². The van der Waals surface area contributed by atoms with Crippen LogP contribution in [0.15, 0.2) is 42.6 Å². The van der Waals surface area contributed by atoms with E-state index in [0.29, 0.717) is 23.5 Å². The van der Waals surface area contributed by atoms with E-state index < -0.39 is 0 Å². The van der Waals surface area contributed by atoms with Crippen LogP contribution in [0, 0.1) is 11.7 Å². The molecule has 0 aliphatic carbocycles. The highest BCUT2D eigenvalue weighted by Gasteiger charge is 2.20. The van der Waals surface area contributed by atoms with E-state index >= 15 is 0 Å². The Hall–Kier alpha value is -1.98. The Morgan fingerprint density at radius 1 is 1.15 bits per heavy atom. The van der Waals surface area contributed by atoms with Crippen LogP contribution < -0.4 is 4.74 Å². The van der Waals surface area contributed by atoms with Crippen molar-refractivity contribution in [2.24, 2.45) is 5.92 Å². The second-order valence-corrected chi connectivity index (χ2v) is 7.59. The molecule has 146 valence electrons. The zero-order chi connectivity index (χ0) is 19.1. The number of nitrogens with zero attached hydrogens (tertiary/aromatic N) is 2. The molecule has 27 heavy (non-hydrogen) atoms. The van der Waals surface area contributed by atoms with Crippen molar-refractivity contribution < 1.29 is 13.9 Å². The van der Waals surface area contributed by atoms with E-state index in [1.807, 2.05) is 18.3 Å². The van der Waals surface area contributed by atoms with E-state index in [1.165, 1.54) is 6.07 Å². The summed E-state index contributed by atoms with van der Waals surface area (Å²) < 4.78 is 25.2.